The number of anilines is 1. The molecule has 7 heteroatoms. The molecule has 3 rings (SSSR count). The van der Waals surface area contributed by atoms with Gasteiger partial charge in [0.15, 0.2) is 0 Å². The zero-order valence-electron chi connectivity index (χ0n) is 15.0. The summed E-state index contributed by atoms with van der Waals surface area (Å²) in [6.07, 6.45) is 5.02. The number of hydrogen-bond acceptors (Lipinski definition) is 5. The highest BCUT2D eigenvalue weighted by Gasteiger charge is 2.23. The van der Waals surface area contributed by atoms with Gasteiger partial charge in [-0.05, 0) is 66.8 Å². The molecule has 25 heavy (non-hydrogen) atoms. The lowest BCUT2D eigenvalue weighted by atomic mass is 10.0. The van der Waals surface area contributed by atoms with Gasteiger partial charge >= 0.3 is 0 Å². The van der Waals surface area contributed by atoms with E-state index in [4.69, 9.17) is 0 Å². The van der Waals surface area contributed by atoms with Crippen molar-refractivity contribution in [1.82, 2.24) is 25.1 Å². The van der Waals surface area contributed by atoms with Gasteiger partial charge in [0, 0.05) is 37.8 Å². The predicted octanol–water partition coefficient (Wildman–Crippen LogP) is 2.17. The lowest BCUT2D eigenvalue weighted by Crippen LogP contribution is -2.45. The van der Waals surface area contributed by atoms with Gasteiger partial charge in [0.1, 0.15) is 6.33 Å². The number of tetrazole rings is 1. The molecule has 1 amide bonds. The number of nitrogens with zero attached hydrogens (tertiary/aromatic N) is 5. The van der Waals surface area contributed by atoms with Crippen LogP contribution in [-0.2, 0) is 11.3 Å². The van der Waals surface area contributed by atoms with Crippen molar-refractivity contribution in [2.24, 2.45) is 0 Å². The average molecular weight is 342 g/mol. The second-order valence-corrected chi connectivity index (χ2v) is 6.80. The summed E-state index contributed by atoms with van der Waals surface area (Å²) in [4.78, 5) is 14.4. The van der Waals surface area contributed by atoms with Crippen LogP contribution in [0.25, 0.3) is 0 Å². The number of hydrogen-bond donors (Lipinski definition) is 1. The number of benzene rings is 1. The Hall–Kier alpha value is -2.44. The number of carbonyl (C=O) groups excluding carboxylic acids is 1. The molecule has 1 fully saturated rings. The van der Waals surface area contributed by atoms with E-state index >= 15 is 0 Å². The summed E-state index contributed by atoms with van der Waals surface area (Å²) in [5.74, 6) is 0.222. The maximum absolute atomic E-state index is 12.5. The normalized spacial score (nSPS) is 17.5. The maximum atomic E-state index is 12.5. The molecule has 1 saturated heterocycles. The Morgan fingerprint density at radius 2 is 2.20 bits per heavy atom. The molecule has 0 saturated carbocycles. The van der Waals surface area contributed by atoms with Crippen molar-refractivity contribution in [2.45, 2.75) is 52.1 Å². The molecular formula is C18H26N6O. The van der Waals surface area contributed by atoms with Crippen LogP contribution in [0.15, 0.2) is 24.5 Å². The van der Waals surface area contributed by atoms with Crippen molar-refractivity contribution in [3.05, 3.63) is 35.7 Å². The summed E-state index contributed by atoms with van der Waals surface area (Å²) < 4.78 is 1.66. The predicted molar refractivity (Wildman–Crippen MR) is 96.2 cm³/mol. The van der Waals surface area contributed by atoms with Gasteiger partial charge in [-0.2, -0.15) is 0 Å². The minimum Gasteiger partial charge on any atom is -0.381 e. The molecule has 1 aromatic carbocycles. The minimum atomic E-state index is 0.222. The summed E-state index contributed by atoms with van der Waals surface area (Å²) in [5.41, 5.74) is 3.73. The van der Waals surface area contributed by atoms with Crippen LogP contribution in [0.3, 0.4) is 0 Å². The maximum Gasteiger partial charge on any atom is 0.222 e. The highest BCUT2D eigenvalue weighted by molar-refractivity contribution is 5.76. The first-order chi connectivity index (χ1) is 12.1. The highest BCUT2D eigenvalue weighted by Crippen LogP contribution is 2.19. The number of aromatic nitrogens is 4. The molecule has 0 spiro atoms. The number of carbonyl (C=O) groups is 1. The summed E-state index contributed by atoms with van der Waals surface area (Å²) in [7, 11) is 0. The average Bonchev–Trinajstić information content (AvgIpc) is 3.12. The molecule has 0 aliphatic carbocycles. The molecule has 1 atom stereocenters. The monoisotopic (exact) mass is 342 g/mol. The van der Waals surface area contributed by atoms with E-state index in [9.17, 15) is 4.79 Å². The SMILES string of the molecule is Cc1ccc(NC2CCCN(C(=O)CCCn3cnnn3)C2)cc1C. The number of nitrogens with one attached hydrogen (secondary N) is 1. The van der Waals surface area contributed by atoms with Crippen LogP contribution in [0.5, 0.6) is 0 Å². The molecule has 2 heterocycles. The molecular weight excluding hydrogens is 316 g/mol. The summed E-state index contributed by atoms with van der Waals surface area (Å²) in [6.45, 7) is 6.56. The molecule has 1 aliphatic heterocycles. The molecule has 134 valence electrons. The third-order valence-corrected chi connectivity index (χ3v) is 4.82. The lowest BCUT2D eigenvalue weighted by molar-refractivity contribution is -0.132. The molecule has 2 aromatic rings. The summed E-state index contributed by atoms with van der Waals surface area (Å²) in [5, 5.41) is 14.6. The van der Waals surface area contributed by atoms with E-state index in [1.54, 1.807) is 11.0 Å². The van der Waals surface area contributed by atoms with Crippen LogP contribution < -0.4 is 5.32 Å². The summed E-state index contributed by atoms with van der Waals surface area (Å²) in [6, 6.07) is 6.76. The first-order valence-corrected chi connectivity index (χ1v) is 8.94. The van der Waals surface area contributed by atoms with Gasteiger partial charge in [-0.1, -0.05) is 6.07 Å². The third-order valence-electron chi connectivity index (χ3n) is 4.82. The molecule has 1 aromatic heterocycles. The van der Waals surface area contributed by atoms with E-state index in [2.05, 4.69) is 52.9 Å². The Morgan fingerprint density at radius 1 is 1.32 bits per heavy atom. The van der Waals surface area contributed by atoms with Gasteiger partial charge in [0.05, 0.1) is 0 Å². The Labute approximate surface area is 148 Å². The second-order valence-electron chi connectivity index (χ2n) is 6.80. The number of aryl methyl sites for hydroxylation is 3. The molecule has 1 N–H and O–H groups in total. The fourth-order valence-corrected chi connectivity index (χ4v) is 3.22. The molecule has 0 bridgehead atoms. The number of rotatable bonds is 6. The van der Waals surface area contributed by atoms with E-state index in [1.807, 2.05) is 4.90 Å². The second kappa shape index (κ2) is 8.09. The summed E-state index contributed by atoms with van der Waals surface area (Å²) >= 11 is 0. The molecule has 0 radical (unpaired) electrons. The fraction of sp³-hybridized carbons (Fsp3) is 0.556. The van der Waals surface area contributed by atoms with E-state index in [0.29, 0.717) is 19.0 Å². The topological polar surface area (TPSA) is 75.9 Å². The zero-order valence-corrected chi connectivity index (χ0v) is 15.0. The van der Waals surface area contributed by atoms with Gasteiger partial charge in [-0.3, -0.25) is 4.79 Å². The van der Waals surface area contributed by atoms with Gasteiger partial charge in [-0.15, -0.1) is 5.10 Å². The largest absolute Gasteiger partial charge is 0.381 e. The smallest absolute Gasteiger partial charge is 0.222 e. The molecule has 7 nitrogen and oxygen atoms in total. The van der Waals surface area contributed by atoms with E-state index in [-0.39, 0.29) is 5.91 Å². The first-order valence-electron chi connectivity index (χ1n) is 8.94. The van der Waals surface area contributed by atoms with Crippen LogP contribution in [0.2, 0.25) is 0 Å². The van der Waals surface area contributed by atoms with Gasteiger partial charge in [0.2, 0.25) is 5.91 Å². The van der Waals surface area contributed by atoms with Gasteiger partial charge in [-0.25, -0.2) is 4.68 Å². The van der Waals surface area contributed by atoms with Crippen LogP contribution in [0, 0.1) is 13.8 Å². The minimum absolute atomic E-state index is 0.222. The van der Waals surface area contributed by atoms with E-state index in [0.717, 1.165) is 38.0 Å². The number of piperidine rings is 1. The standard InChI is InChI=1S/C18H26N6O/c1-14-7-8-16(11-15(14)2)20-17-5-3-9-23(12-17)18(25)6-4-10-24-13-19-21-22-24/h7-8,11,13,17,20H,3-6,9-10,12H2,1-2H3. The van der Waals surface area contributed by atoms with E-state index < -0.39 is 0 Å². The fourth-order valence-electron chi connectivity index (χ4n) is 3.22. The molecule has 1 unspecified atom stereocenters. The van der Waals surface area contributed by atoms with Crippen LogP contribution in [0.4, 0.5) is 5.69 Å². The Kier molecular flexibility index (Phi) is 5.63. The highest BCUT2D eigenvalue weighted by atomic mass is 16.2. The van der Waals surface area contributed by atoms with Gasteiger partial charge in [0.25, 0.3) is 0 Å². The third kappa shape index (κ3) is 4.78. The van der Waals surface area contributed by atoms with Crippen molar-refractivity contribution >= 4 is 11.6 Å². The van der Waals surface area contributed by atoms with E-state index in [1.165, 1.54) is 11.1 Å². The Morgan fingerprint density at radius 3 is 2.96 bits per heavy atom. The van der Waals surface area contributed by atoms with Crippen LogP contribution in [-0.4, -0.2) is 50.1 Å². The zero-order chi connectivity index (χ0) is 17.6. The van der Waals surface area contributed by atoms with Crippen LogP contribution in [0.1, 0.15) is 36.8 Å². The number of amides is 1. The van der Waals surface area contributed by atoms with Gasteiger partial charge < -0.3 is 10.2 Å². The Bertz CT molecular complexity index is 700. The van der Waals surface area contributed by atoms with Crippen molar-refractivity contribution in [1.29, 1.82) is 0 Å². The number of likely N-dealkylation sites (tertiary alicyclic amines) is 1. The van der Waals surface area contributed by atoms with Crippen LogP contribution >= 0.6 is 0 Å². The molecule has 1 aliphatic rings. The van der Waals surface area contributed by atoms with Crippen molar-refractivity contribution in [2.75, 3.05) is 18.4 Å². The van der Waals surface area contributed by atoms with Crippen molar-refractivity contribution in [3.8, 4) is 0 Å². The lowest BCUT2D eigenvalue weighted by Gasteiger charge is -2.34. The first kappa shape index (κ1) is 17.4. The Balaban J connectivity index is 1.48. The quantitative estimate of drug-likeness (QED) is 0.871. The van der Waals surface area contributed by atoms with Crippen molar-refractivity contribution < 1.29 is 4.79 Å². The van der Waals surface area contributed by atoms with Crippen molar-refractivity contribution in [3.63, 3.8) is 0 Å².